The standard InChI is InChI=1S/C14H22FNO2S/c1-14(2,3)16-7-10-5-4-6-12(15)13(10)19-9-11(18)8-17/h4-6,11,16-18H,7-9H2,1-3H3. The van der Waals surface area contributed by atoms with Crippen LogP contribution in [0.5, 0.6) is 0 Å². The van der Waals surface area contributed by atoms with E-state index in [1.165, 1.54) is 17.8 Å². The molecule has 1 rings (SSSR count). The molecule has 0 amide bonds. The molecule has 108 valence electrons. The van der Waals surface area contributed by atoms with E-state index in [9.17, 15) is 9.50 Å². The number of thioether (sulfide) groups is 1. The van der Waals surface area contributed by atoms with Gasteiger partial charge in [-0.3, -0.25) is 0 Å². The maximum atomic E-state index is 13.8. The van der Waals surface area contributed by atoms with E-state index in [1.807, 2.05) is 6.07 Å². The summed E-state index contributed by atoms with van der Waals surface area (Å²) >= 11 is 1.23. The van der Waals surface area contributed by atoms with Gasteiger partial charge in [0.25, 0.3) is 0 Å². The number of halogens is 1. The van der Waals surface area contributed by atoms with Gasteiger partial charge in [-0.25, -0.2) is 4.39 Å². The molecule has 0 saturated carbocycles. The van der Waals surface area contributed by atoms with Crippen molar-refractivity contribution in [2.24, 2.45) is 0 Å². The minimum Gasteiger partial charge on any atom is -0.394 e. The summed E-state index contributed by atoms with van der Waals surface area (Å²) in [5.74, 6) is -0.0108. The topological polar surface area (TPSA) is 52.5 Å². The highest BCUT2D eigenvalue weighted by Gasteiger charge is 2.14. The van der Waals surface area contributed by atoms with E-state index in [2.05, 4.69) is 26.1 Å². The molecule has 0 radical (unpaired) electrons. The van der Waals surface area contributed by atoms with Gasteiger partial charge in [-0.1, -0.05) is 12.1 Å². The van der Waals surface area contributed by atoms with Crippen molar-refractivity contribution < 1.29 is 14.6 Å². The molecule has 0 aliphatic rings. The van der Waals surface area contributed by atoms with Crippen molar-refractivity contribution in [2.75, 3.05) is 12.4 Å². The third-order valence-electron chi connectivity index (χ3n) is 2.49. The fraction of sp³-hybridized carbons (Fsp3) is 0.571. The quantitative estimate of drug-likeness (QED) is 0.702. The molecule has 1 aromatic carbocycles. The summed E-state index contributed by atoms with van der Waals surface area (Å²) in [7, 11) is 0. The minimum atomic E-state index is -0.826. The molecule has 5 heteroatoms. The molecule has 0 saturated heterocycles. The lowest BCUT2D eigenvalue weighted by molar-refractivity contribution is 0.113. The van der Waals surface area contributed by atoms with Crippen LogP contribution in [0.1, 0.15) is 26.3 Å². The molecule has 1 unspecified atom stereocenters. The van der Waals surface area contributed by atoms with E-state index in [1.54, 1.807) is 6.07 Å². The van der Waals surface area contributed by atoms with Gasteiger partial charge < -0.3 is 15.5 Å². The number of hydrogen-bond acceptors (Lipinski definition) is 4. The van der Waals surface area contributed by atoms with Crippen LogP contribution >= 0.6 is 11.8 Å². The second-order valence-corrected chi connectivity index (χ2v) is 6.51. The van der Waals surface area contributed by atoms with Gasteiger partial charge in [0.1, 0.15) is 5.82 Å². The first kappa shape index (κ1) is 16.4. The Morgan fingerprint density at radius 1 is 1.37 bits per heavy atom. The zero-order valence-corrected chi connectivity index (χ0v) is 12.4. The molecule has 0 heterocycles. The number of rotatable bonds is 6. The lowest BCUT2D eigenvalue weighted by Crippen LogP contribution is -2.35. The molecule has 1 atom stereocenters. The Labute approximate surface area is 118 Å². The number of aliphatic hydroxyl groups is 2. The van der Waals surface area contributed by atoms with Gasteiger partial charge in [0, 0.05) is 22.7 Å². The van der Waals surface area contributed by atoms with E-state index in [4.69, 9.17) is 5.11 Å². The van der Waals surface area contributed by atoms with Gasteiger partial charge in [0.2, 0.25) is 0 Å². The van der Waals surface area contributed by atoms with E-state index in [-0.39, 0.29) is 23.7 Å². The summed E-state index contributed by atoms with van der Waals surface area (Å²) in [6.07, 6.45) is -0.826. The molecular weight excluding hydrogens is 265 g/mol. The highest BCUT2D eigenvalue weighted by atomic mass is 32.2. The molecule has 0 aliphatic heterocycles. The largest absolute Gasteiger partial charge is 0.394 e. The van der Waals surface area contributed by atoms with E-state index in [0.29, 0.717) is 11.4 Å². The van der Waals surface area contributed by atoms with Crippen LogP contribution in [-0.2, 0) is 6.54 Å². The van der Waals surface area contributed by atoms with Gasteiger partial charge in [-0.15, -0.1) is 11.8 Å². The van der Waals surface area contributed by atoms with Crippen LogP contribution in [0.25, 0.3) is 0 Å². The van der Waals surface area contributed by atoms with Crippen LogP contribution < -0.4 is 5.32 Å². The van der Waals surface area contributed by atoms with E-state index < -0.39 is 6.10 Å². The average molecular weight is 287 g/mol. The fourth-order valence-electron chi connectivity index (χ4n) is 1.45. The fourth-order valence-corrected chi connectivity index (χ4v) is 2.44. The Morgan fingerprint density at radius 2 is 2.05 bits per heavy atom. The smallest absolute Gasteiger partial charge is 0.137 e. The monoisotopic (exact) mass is 287 g/mol. The van der Waals surface area contributed by atoms with Crippen LogP contribution in [0.3, 0.4) is 0 Å². The van der Waals surface area contributed by atoms with E-state index in [0.717, 1.165) is 5.56 Å². The number of benzene rings is 1. The third-order valence-corrected chi connectivity index (χ3v) is 3.79. The predicted molar refractivity (Wildman–Crippen MR) is 76.8 cm³/mol. The Kier molecular flexibility index (Phi) is 6.26. The molecule has 0 aromatic heterocycles. The van der Waals surface area contributed by atoms with Gasteiger partial charge >= 0.3 is 0 Å². The highest BCUT2D eigenvalue weighted by Crippen LogP contribution is 2.27. The minimum absolute atomic E-state index is 0.0428. The van der Waals surface area contributed by atoms with Crippen LogP contribution in [0.4, 0.5) is 4.39 Å². The second-order valence-electron chi connectivity index (χ2n) is 5.48. The van der Waals surface area contributed by atoms with Gasteiger partial charge in [0.15, 0.2) is 0 Å². The normalized spacial score (nSPS) is 13.6. The summed E-state index contributed by atoms with van der Waals surface area (Å²) in [6.45, 7) is 6.41. The van der Waals surface area contributed by atoms with Gasteiger partial charge in [-0.2, -0.15) is 0 Å². The van der Waals surface area contributed by atoms with Crippen molar-refractivity contribution in [1.29, 1.82) is 0 Å². The van der Waals surface area contributed by atoms with Crippen molar-refractivity contribution in [1.82, 2.24) is 5.32 Å². The number of nitrogens with one attached hydrogen (secondary N) is 1. The molecule has 0 spiro atoms. The number of hydrogen-bond donors (Lipinski definition) is 3. The molecule has 0 aliphatic carbocycles. The SMILES string of the molecule is CC(C)(C)NCc1cccc(F)c1SCC(O)CO. The van der Waals surface area contributed by atoms with Crippen molar-refractivity contribution in [3.8, 4) is 0 Å². The summed E-state index contributed by atoms with van der Waals surface area (Å²) in [5.41, 5.74) is 0.823. The van der Waals surface area contributed by atoms with Crippen molar-refractivity contribution >= 4 is 11.8 Å². The summed E-state index contributed by atoms with van der Waals surface area (Å²) < 4.78 is 13.8. The summed E-state index contributed by atoms with van der Waals surface area (Å²) in [4.78, 5) is 0.534. The number of aliphatic hydroxyl groups excluding tert-OH is 2. The van der Waals surface area contributed by atoms with Crippen LogP contribution in [0.2, 0.25) is 0 Å². The van der Waals surface area contributed by atoms with Crippen molar-refractivity contribution in [3.63, 3.8) is 0 Å². The third kappa shape index (κ3) is 5.91. The van der Waals surface area contributed by atoms with E-state index >= 15 is 0 Å². The molecule has 1 aromatic rings. The molecule has 3 nitrogen and oxygen atoms in total. The molecule has 0 fully saturated rings. The van der Waals surface area contributed by atoms with Crippen LogP contribution in [0.15, 0.2) is 23.1 Å². The summed E-state index contributed by atoms with van der Waals surface area (Å²) in [6, 6.07) is 4.96. The Balaban J connectivity index is 2.77. The molecule has 19 heavy (non-hydrogen) atoms. The van der Waals surface area contributed by atoms with Crippen molar-refractivity contribution in [2.45, 2.75) is 43.9 Å². The Bertz CT molecular complexity index is 407. The molecule has 3 N–H and O–H groups in total. The lowest BCUT2D eigenvalue weighted by atomic mass is 10.1. The first-order valence-corrected chi connectivity index (χ1v) is 7.26. The average Bonchev–Trinajstić information content (AvgIpc) is 2.33. The predicted octanol–water partition coefficient (Wildman–Crippen LogP) is 2.16. The highest BCUT2D eigenvalue weighted by molar-refractivity contribution is 7.99. The first-order valence-electron chi connectivity index (χ1n) is 6.27. The zero-order chi connectivity index (χ0) is 14.5. The Hall–Kier alpha value is -0.620. The summed E-state index contributed by atoms with van der Waals surface area (Å²) in [5, 5.41) is 21.5. The Morgan fingerprint density at radius 3 is 2.63 bits per heavy atom. The molecular formula is C14H22FNO2S. The second kappa shape index (κ2) is 7.24. The van der Waals surface area contributed by atoms with Crippen LogP contribution in [0, 0.1) is 5.82 Å². The zero-order valence-electron chi connectivity index (χ0n) is 11.6. The maximum absolute atomic E-state index is 13.8. The van der Waals surface area contributed by atoms with Crippen LogP contribution in [-0.4, -0.2) is 34.2 Å². The maximum Gasteiger partial charge on any atom is 0.137 e. The molecule has 0 bridgehead atoms. The first-order chi connectivity index (χ1) is 8.83. The lowest BCUT2D eigenvalue weighted by Gasteiger charge is -2.22. The van der Waals surface area contributed by atoms with Gasteiger partial charge in [0.05, 0.1) is 12.7 Å². The van der Waals surface area contributed by atoms with Crippen molar-refractivity contribution in [3.05, 3.63) is 29.6 Å². The van der Waals surface area contributed by atoms with Gasteiger partial charge in [-0.05, 0) is 32.4 Å².